The monoisotopic (exact) mass is 778 g/mol. The number of rotatable bonds is 8. The van der Waals surface area contributed by atoms with Gasteiger partial charge in [-0.15, -0.1) is 0 Å². The minimum absolute atomic E-state index is 0.616. The van der Waals surface area contributed by atoms with Gasteiger partial charge in [0.05, 0.1) is 16.7 Å². The number of benzene rings is 9. The zero-order chi connectivity index (χ0) is 40.5. The molecule has 11 rings (SSSR count). The Kier molecular flexibility index (Phi) is 9.14. The van der Waals surface area contributed by atoms with Crippen molar-refractivity contribution < 1.29 is 0 Å². The Morgan fingerprint density at radius 2 is 0.656 bits per heavy atom. The van der Waals surface area contributed by atoms with Crippen molar-refractivity contribution in [1.82, 2.24) is 19.5 Å². The van der Waals surface area contributed by atoms with Gasteiger partial charge in [0, 0.05) is 33.0 Å². The quantitative estimate of drug-likeness (QED) is 0.154. The van der Waals surface area contributed by atoms with Crippen LogP contribution in [-0.2, 0) is 0 Å². The average Bonchev–Trinajstić information content (AvgIpc) is 3.68. The Balaban J connectivity index is 1.03. The third kappa shape index (κ3) is 6.76. The Bertz CT molecular complexity index is 3320. The molecule has 0 spiro atoms. The van der Waals surface area contributed by atoms with E-state index in [1.807, 2.05) is 18.2 Å². The second-order valence-corrected chi connectivity index (χ2v) is 15.2. The van der Waals surface area contributed by atoms with Crippen molar-refractivity contribution in [2.45, 2.75) is 0 Å². The molecule has 0 N–H and O–H groups in total. The first-order valence-electron chi connectivity index (χ1n) is 20.6. The van der Waals surface area contributed by atoms with Crippen molar-refractivity contribution in [3.8, 4) is 84.4 Å². The van der Waals surface area contributed by atoms with Crippen molar-refractivity contribution in [3.05, 3.63) is 231 Å². The van der Waals surface area contributed by atoms with Crippen LogP contribution in [0.2, 0.25) is 0 Å². The maximum Gasteiger partial charge on any atom is 0.164 e. The van der Waals surface area contributed by atoms with Crippen molar-refractivity contribution in [1.29, 1.82) is 0 Å². The van der Waals surface area contributed by atoms with Crippen LogP contribution in [0.4, 0.5) is 0 Å². The normalized spacial score (nSPS) is 11.3. The number of nitrogens with zero attached hydrogens (tertiary/aromatic N) is 4. The molecular weight excluding hydrogens is 741 g/mol. The van der Waals surface area contributed by atoms with Gasteiger partial charge in [0.2, 0.25) is 0 Å². The Labute approximate surface area is 354 Å². The van der Waals surface area contributed by atoms with Crippen LogP contribution in [0.15, 0.2) is 231 Å². The summed E-state index contributed by atoms with van der Waals surface area (Å²) in [4.78, 5) is 15.5. The summed E-state index contributed by atoms with van der Waals surface area (Å²) in [6.45, 7) is 0. The zero-order valence-corrected chi connectivity index (χ0v) is 33.2. The van der Waals surface area contributed by atoms with Crippen LogP contribution in [0.1, 0.15) is 0 Å². The summed E-state index contributed by atoms with van der Waals surface area (Å²) in [6.07, 6.45) is 0. The molecule has 0 radical (unpaired) electrons. The number of para-hydroxylation sites is 2. The molecule has 0 aliphatic rings. The van der Waals surface area contributed by atoms with E-state index in [1.165, 1.54) is 38.5 Å². The van der Waals surface area contributed by atoms with Crippen molar-refractivity contribution >= 4 is 21.8 Å². The van der Waals surface area contributed by atoms with E-state index in [9.17, 15) is 0 Å². The van der Waals surface area contributed by atoms with E-state index in [0.29, 0.717) is 17.5 Å². The maximum absolute atomic E-state index is 5.19. The molecule has 0 saturated heterocycles. The summed E-state index contributed by atoms with van der Waals surface area (Å²) in [6, 6.07) is 81.1. The molecule has 0 unspecified atom stereocenters. The summed E-state index contributed by atoms with van der Waals surface area (Å²) in [5.41, 5.74) is 15.3. The van der Waals surface area contributed by atoms with Gasteiger partial charge in [-0.05, 0) is 57.1 Å². The highest BCUT2D eigenvalue weighted by molar-refractivity contribution is 6.10. The largest absolute Gasteiger partial charge is 0.309 e. The molecule has 2 aromatic heterocycles. The third-order valence-electron chi connectivity index (χ3n) is 11.5. The SMILES string of the molecule is c1ccc(-c2ccc(-c3nc(-c4ccc(-c5ccccc5-n5c6ccccc6c6ccc(-c7ccccc7)cc65)cc4)nc(-c4ccccc4-c4ccccc4)n3)cc2)cc1. The van der Waals surface area contributed by atoms with Crippen LogP contribution in [0.25, 0.3) is 106 Å². The van der Waals surface area contributed by atoms with Gasteiger partial charge < -0.3 is 4.57 Å². The lowest BCUT2D eigenvalue weighted by Gasteiger charge is -2.15. The highest BCUT2D eigenvalue weighted by Gasteiger charge is 2.19. The maximum atomic E-state index is 5.19. The van der Waals surface area contributed by atoms with E-state index in [0.717, 1.165) is 50.2 Å². The molecular formula is C57H38N4. The molecule has 11 aromatic rings. The second-order valence-electron chi connectivity index (χ2n) is 15.2. The molecule has 61 heavy (non-hydrogen) atoms. The molecule has 0 bridgehead atoms. The highest BCUT2D eigenvalue weighted by atomic mass is 15.0. The van der Waals surface area contributed by atoms with Gasteiger partial charge in [-0.1, -0.05) is 212 Å². The standard InChI is InChI=1S/C57H38N4/c1-4-16-39(17-5-1)41-28-32-44(33-29-41)55-58-56(60-57(59-55)51-25-11-10-22-47(51)42-20-8-3-9-21-42)45-34-30-43(31-35-45)48-23-12-14-26-52(48)61-53-27-15-13-24-49(53)50-37-36-46(38-54(50)61)40-18-6-2-7-19-40/h1-38H. The van der Waals surface area contributed by atoms with Crippen molar-refractivity contribution in [2.75, 3.05) is 0 Å². The lowest BCUT2D eigenvalue weighted by atomic mass is 9.99. The van der Waals surface area contributed by atoms with E-state index in [1.54, 1.807) is 0 Å². The van der Waals surface area contributed by atoms with Gasteiger partial charge >= 0.3 is 0 Å². The van der Waals surface area contributed by atoms with Crippen LogP contribution in [-0.4, -0.2) is 19.5 Å². The van der Waals surface area contributed by atoms with Gasteiger partial charge in [0.1, 0.15) is 0 Å². The van der Waals surface area contributed by atoms with Crippen molar-refractivity contribution in [2.24, 2.45) is 0 Å². The molecule has 4 nitrogen and oxygen atoms in total. The number of fused-ring (bicyclic) bond motifs is 3. The lowest BCUT2D eigenvalue weighted by Crippen LogP contribution is -2.01. The zero-order valence-electron chi connectivity index (χ0n) is 33.2. The fourth-order valence-electron chi connectivity index (χ4n) is 8.50. The fourth-order valence-corrected chi connectivity index (χ4v) is 8.50. The van der Waals surface area contributed by atoms with Gasteiger partial charge in [0.15, 0.2) is 17.5 Å². The van der Waals surface area contributed by atoms with Crippen LogP contribution in [0.5, 0.6) is 0 Å². The minimum Gasteiger partial charge on any atom is -0.309 e. The smallest absolute Gasteiger partial charge is 0.164 e. The molecule has 0 aliphatic heterocycles. The summed E-state index contributed by atoms with van der Waals surface area (Å²) < 4.78 is 2.41. The molecule has 286 valence electrons. The molecule has 9 aromatic carbocycles. The van der Waals surface area contributed by atoms with Crippen molar-refractivity contribution in [3.63, 3.8) is 0 Å². The molecule has 0 amide bonds. The van der Waals surface area contributed by atoms with Gasteiger partial charge in [-0.2, -0.15) is 0 Å². The second kappa shape index (κ2) is 15.5. The summed E-state index contributed by atoms with van der Waals surface area (Å²) >= 11 is 0. The van der Waals surface area contributed by atoms with E-state index < -0.39 is 0 Å². The van der Waals surface area contributed by atoms with Gasteiger partial charge in [-0.25, -0.2) is 15.0 Å². The molecule has 0 saturated carbocycles. The molecule has 2 heterocycles. The minimum atomic E-state index is 0.616. The topological polar surface area (TPSA) is 43.6 Å². The van der Waals surface area contributed by atoms with E-state index in [2.05, 4.69) is 217 Å². The van der Waals surface area contributed by atoms with Crippen LogP contribution >= 0.6 is 0 Å². The number of hydrogen-bond acceptors (Lipinski definition) is 3. The molecule has 0 fully saturated rings. The summed E-state index contributed by atoms with van der Waals surface area (Å²) in [7, 11) is 0. The van der Waals surface area contributed by atoms with Gasteiger partial charge in [0.25, 0.3) is 0 Å². The van der Waals surface area contributed by atoms with Crippen LogP contribution < -0.4 is 0 Å². The first kappa shape index (κ1) is 35.9. The first-order chi connectivity index (χ1) is 30.2. The van der Waals surface area contributed by atoms with Crippen LogP contribution in [0, 0.1) is 0 Å². The molecule has 0 aliphatic carbocycles. The molecule has 0 atom stereocenters. The Hall–Kier alpha value is -8.21. The Morgan fingerprint density at radius 1 is 0.246 bits per heavy atom. The Morgan fingerprint density at radius 3 is 1.31 bits per heavy atom. The predicted molar refractivity (Wildman–Crippen MR) is 252 cm³/mol. The predicted octanol–water partition coefficient (Wildman–Crippen LogP) is 14.6. The molecule has 4 heteroatoms. The summed E-state index contributed by atoms with van der Waals surface area (Å²) in [5.74, 6) is 1.87. The fraction of sp³-hybridized carbons (Fsp3) is 0. The number of aromatic nitrogens is 4. The highest BCUT2D eigenvalue weighted by Crippen LogP contribution is 2.39. The van der Waals surface area contributed by atoms with Gasteiger partial charge in [-0.3, -0.25) is 0 Å². The van der Waals surface area contributed by atoms with E-state index in [4.69, 9.17) is 15.0 Å². The summed E-state index contributed by atoms with van der Waals surface area (Å²) in [5, 5.41) is 2.46. The van der Waals surface area contributed by atoms with E-state index in [-0.39, 0.29) is 0 Å². The van der Waals surface area contributed by atoms with Crippen LogP contribution in [0.3, 0.4) is 0 Å². The van der Waals surface area contributed by atoms with E-state index >= 15 is 0 Å². The third-order valence-corrected chi connectivity index (χ3v) is 11.5. The average molecular weight is 779 g/mol. The first-order valence-corrected chi connectivity index (χ1v) is 20.6. The number of hydrogen-bond donors (Lipinski definition) is 0. The lowest BCUT2D eigenvalue weighted by molar-refractivity contribution is 1.07.